The number of phenols is 1. The summed E-state index contributed by atoms with van der Waals surface area (Å²) >= 11 is 11.9. The van der Waals surface area contributed by atoms with E-state index in [0.717, 1.165) is 25.2 Å². The number of hydrogen-bond donors (Lipinski definition) is 2. The fourth-order valence-electron chi connectivity index (χ4n) is 2.92. The first-order valence-electron chi connectivity index (χ1n) is 8.24. The highest BCUT2D eigenvalue weighted by Gasteiger charge is 2.33. The molecule has 0 spiro atoms. The van der Waals surface area contributed by atoms with Crippen LogP contribution in [-0.2, 0) is 6.54 Å². The molecule has 1 saturated heterocycles. The fourth-order valence-corrected chi connectivity index (χ4v) is 3.20. The summed E-state index contributed by atoms with van der Waals surface area (Å²) in [6.07, 6.45) is 1.29. The quantitative estimate of drug-likeness (QED) is 0.818. The van der Waals surface area contributed by atoms with Gasteiger partial charge in [-0.1, -0.05) is 35.3 Å². The van der Waals surface area contributed by atoms with Gasteiger partial charge in [0.05, 0.1) is 10.0 Å². The second kappa shape index (κ2) is 7.83. The van der Waals surface area contributed by atoms with E-state index in [-0.39, 0.29) is 12.4 Å². The van der Waals surface area contributed by atoms with Crippen LogP contribution in [-0.4, -0.2) is 40.4 Å². The molecule has 1 aliphatic heterocycles. The lowest BCUT2D eigenvalue weighted by molar-refractivity contribution is -0.0537. The van der Waals surface area contributed by atoms with Gasteiger partial charge >= 0.3 is 0 Å². The molecule has 3 rings (SSSR count). The highest BCUT2D eigenvalue weighted by molar-refractivity contribution is 6.42. The summed E-state index contributed by atoms with van der Waals surface area (Å²) in [5, 5.41) is 21.0. The van der Waals surface area contributed by atoms with Crippen LogP contribution < -0.4 is 4.74 Å². The smallest absolute Gasteiger partial charge is 0.121 e. The molecule has 25 heavy (non-hydrogen) atoms. The van der Waals surface area contributed by atoms with Gasteiger partial charge in [0, 0.05) is 25.7 Å². The Morgan fingerprint density at radius 1 is 1.00 bits per heavy atom. The van der Waals surface area contributed by atoms with Crippen LogP contribution in [0.1, 0.15) is 18.4 Å². The monoisotopic (exact) mass is 381 g/mol. The zero-order valence-corrected chi connectivity index (χ0v) is 15.3. The summed E-state index contributed by atoms with van der Waals surface area (Å²) in [7, 11) is 0. The number of likely N-dealkylation sites (tertiary alicyclic amines) is 1. The molecule has 0 amide bonds. The molecule has 0 atom stereocenters. The molecule has 0 radical (unpaired) electrons. The van der Waals surface area contributed by atoms with Crippen molar-refractivity contribution in [3.8, 4) is 11.5 Å². The molecule has 0 saturated carbocycles. The number of nitrogens with zero attached hydrogens (tertiary/aromatic N) is 1. The minimum atomic E-state index is -0.836. The number of aliphatic hydroxyl groups is 1. The highest BCUT2D eigenvalue weighted by atomic mass is 35.5. The van der Waals surface area contributed by atoms with E-state index in [2.05, 4.69) is 4.90 Å². The van der Waals surface area contributed by atoms with Crippen molar-refractivity contribution in [2.24, 2.45) is 0 Å². The van der Waals surface area contributed by atoms with Crippen LogP contribution >= 0.6 is 23.2 Å². The minimum Gasteiger partial charge on any atom is -0.508 e. The van der Waals surface area contributed by atoms with Crippen LogP contribution in [0.15, 0.2) is 42.5 Å². The van der Waals surface area contributed by atoms with Crippen molar-refractivity contribution in [2.45, 2.75) is 25.0 Å². The Balaban J connectivity index is 1.49. The van der Waals surface area contributed by atoms with E-state index in [1.165, 1.54) is 0 Å². The molecule has 0 aliphatic carbocycles. The summed E-state index contributed by atoms with van der Waals surface area (Å²) in [4.78, 5) is 2.29. The highest BCUT2D eigenvalue weighted by Crippen LogP contribution is 2.29. The Kier molecular flexibility index (Phi) is 5.74. The van der Waals surface area contributed by atoms with Crippen molar-refractivity contribution in [2.75, 3.05) is 19.7 Å². The molecular formula is C19H21Cl2NO3. The first-order valence-corrected chi connectivity index (χ1v) is 9.00. The van der Waals surface area contributed by atoms with Crippen molar-refractivity contribution >= 4 is 23.2 Å². The number of phenolic OH excluding ortho intramolecular Hbond substituents is 1. The van der Waals surface area contributed by atoms with Crippen molar-refractivity contribution in [1.29, 1.82) is 0 Å². The molecule has 1 fully saturated rings. The third-order valence-electron chi connectivity index (χ3n) is 4.53. The van der Waals surface area contributed by atoms with Crippen LogP contribution in [0.25, 0.3) is 0 Å². The van der Waals surface area contributed by atoms with Gasteiger partial charge in [0.15, 0.2) is 0 Å². The third kappa shape index (κ3) is 5.02. The molecule has 0 bridgehead atoms. The van der Waals surface area contributed by atoms with E-state index < -0.39 is 5.60 Å². The molecule has 4 nitrogen and oxygen atoms in total. The van der Waals surface area contributed by atoms with Crippen LogP contribution in [0.4, 0.5) is 0 Å². The van der Waals surface area contributed by atoms with Gasteiger partial charge in [-0.15, -0.1) is 0 Å². The Morgan fingerprint density at radius 2 is 1.68 bits per heavy atom. The Bertz CT molecular complexity index is 713. The average Bonchev–Trinajstić information content (AvgIpc) is 2.60. The van der Waals surface area contributed by atoms with Crippen molar-refractivity contribution < 1.29 is 14.9 Å². The molecule has 1 heterocycles. The first kappa shape index (κ1) is 18.3. The molecule has 2 aromatic carbocycles. The predicted molar refractivity (Wildman–Crippen MR) is 99.5 cm³/mol. The molecule has 1 aliphatic rings. The van der Waals surface area contributed by atoms with Crippen molar-refractivity contribution in [1.82, 2.24) is 4.90 Å². The van der Waals surface area contributed by atoms with Gasteiger partial charge in [-0.3, -0.25) is 4.90 Å². The SMILES string of the molecule is Oc1ccc(CN2CCC(O)(COc3ccc(Cl)c(Cl)c3)CC2)cc1. The van der Waals surface area contributed by atoms with Gasteiger partial charge in [0.1, 0.15) is 23.7 Å². The van der Waals surface area contributed by atoms with Crippen molar-refractivity contribution in [3.05, 3.63) is 58.1 Å². The van der Waals surface area contributed by atoms with Gasteiger partial charge in [0.25, 0.3) is 0 Å². The van der Waals surface area contributed by atoms with Crippen LogP contribution in [0.3, 0.4) is 0 Å². The third-order valence-corrected chi connectivity index (χ3v) is 5.27. The number of piperidine rings is 1. The van der Waals surface area contributed by atoms with E-state index in [0.29, 0.717) is 28.6 Å². The molecular weight excluding hydrogens is 361 g/mol. The second-order valence-electron chi connectivity index (χ2n) is 6.53. The Morgan fingerprint density at radius 3 is 2.32 bits per heavy atom. The Hall–Kier alpha value is -1.46. The maximum absolute atomic E-state index is 10.7. The lowest BCUT2D eigenvalue weighted by Gasteiger charge is -2.38. The normalized spacial score (nSPS) is 17.4. The molecule has 2 aromatic rings. The van der Waals surface area contributed by atoms with E-state index in [1.807, 2.05) is 12.1 Å². The van der Waals surface area contributed by atoms with Gasteiger partial charge in [-0.2, -0.15) is 0 Å². The fraction of sp³-hybridized carbons (Fsp3) is 0.368. The summed E-state index contributed by atoms with van der Waals surface area (Å²) in [6, 6.07) is 12.3. The molecule has 2 N–H and O–H groups in total. The summed E-state index contributed by atoms with van der Waals surface area (Å²) in [6.45, 7) is 2.63. The standard InChI is InChI=1S/C19H21Cl2NO3/c20-17-6-5-16(11-18(17)21)25-13-19(24)7-9-22(10-8-19)12-14-1-3-15(23)4-2-14/h1-6,11,23-24H,7-10,12-13H2. The number of hydrogen-bond acceptors (Lipinski definition) is 4. The zero-order chi connectivity index (χ0) is 17.9. The number of benzene rings is 2. The van der Waals surface area contributed by atoms with E-state index in [9.17, 15) is 10.2 Å². The van der Waals surface area contributed by atoms with Crippen LogP contribution in [0, 0.1) is 0 Å². The van der Waals surface area contributed by atoms with E-state index in [4.69, 9.17) is 27.9 Å². The van der Waals surface area contributed by atoms with E-state index >= 15 is 0 Å². The lowest BCUT2D eigenvalue weighted by atomic mass is 9.92. The summed E-state index contributed by atoms with van der Waals surface area (Å²) in [5.41, 5.74) is 0.313. The van der Waals surface area contributed by atoms with Gasteiger partial charge in [0.2, 0.25) is 0 Å². The van der Waals surface area contributed by atoms with Crippen LogP contribution in [0.2, 0.25) is 10.0 Å². The molecule has 0 aromatic heterocycles. The zero-order valence-electron chi connectivity index (χ0n) is 13.8. The maximum Gasteiger partial charge on any atom is 0.121 e. The van der Waals surface area contributed by atoms with Crippen LogP contribution in [0.5, 0.6) is 11.5 Å². The van der Waals surface area contributed by atoms with E-state index in [1.54, 1.807) is 30.3 Å². The minimum absolute atomic E-state index is 0.234. The lowest BCUT2D eigenvalue weighted by Crippen LogP contribution is -2.47. The first-order chi connectivity index (χ1) is 11.9. The number of rotatable bonds is 5. The van der Waals surface area contributed by atoms with Crippen molar-refractivity contribution in [3.63, 3.8) is 0 Å². The topological polar surface area (TPSA) is 52.9 Å². The number of aromatic hydroxyl groups is 1. The predicted octanol–water partition coefficient (Wildman–Crippen LogP) is 4.10. The maximum atomic E-state index is 10.7. The Labute approximate surface area is 157 Å². The number of ether oxygens (including phenoxy) is 1. The van der Waals surface area contributed by atoms with Gasteiger partial charge in [-0.25, -0.2) is 0 Å². The van der Waals surface area contributed by atoms with Gasteiger partial charge in [-0.05, 0) is 42.7 Å². The summed E-state index contributed by atoms with van der Waals surface area (Å²) in [5.74, 6) is 0.880. The summed E-state index contributed by atoms with van der Waals surface area (Å²) < 4.78 is 5.71. The molecule has 0 unspecified atom stereocenters. The average molecular weight is 382 g/mol. The second-order valence-corrected chi connectivity index (χ2v) is 7.35. The van der Waals surface area contributed by atoms with Gasteiger partial charge < -0.3 is 14.9 Å². The largest absolute Gasteiger partial charge is 0.508 e. The molecule has 134 valence electrons. The molecule has 6 heteroatoms. The number of halogens is 2.